The summed E-state index contributed by atoms with van der Waals surface area (Å²) >= 11 is 0. The van der Waals surface area contributed by atoms with Gasteiger partial charge in [-0.1, -0.05) is 0 Å². The predicted molar refractivity (Wildman–Crippen MR) is 130 cm³/mol. The Bertz CT molecular complexity index is 1420. The maximum absolute atomic E-state index is 13.3. The summed E-state index contributed by atoms with van der Waals surface area (Å²) < 4.78 is 85.4. The number of terminal acetylenes is 1. The van der Waals surface area contributed by atoms with Crippen LogP contribution in [-0.4, -0.2) is 57.6 Å². The molecule has 2 aromatic heterocycles. The van der Waals surface area contributed by atoms with Crippen LogP contribution in [-0.2, 0) is 27.5 Å². The standard InChI is InChI=1S/C22H22F4N6O4S.C2H2/c1-13-3-8-18(32(13)37(34,35)17-6-4-15(23)5-7-17)19(33)27-9-14-12-31(30-20(14)36-2)16-10-28-21(29-11-16)22(24,25)26;1-2/h4-7,10-13,18H,3,8-9H2,1-2H3,(H,27,33);1-2H/t13-,18-;/m0./s1. The molecule has 0 spiro atoms. The summed E-state index contributed by atoms with van der Waals surface area (Å²) in [5.41, 5.74) is 0.514. The van der Waals surface area contributed by atoms with E-state index in [0.717, 1.165) is 41.0 Å². The maximum Gasteiger partial charge on any atom is 0.451 e. The second-order valence-electron chi connectivity index (χ2n) is 8.32. The van der Waals surface area contributed by atoms with Crippen molar-refractivity contribution in [1.82, 2.24) is 29.4 Å². The Morgan fingerprint density at radius 3 is 2.33 bits per heavy atom. The number of ether oxygens (including phenoxy) is 1. The lowest BCUT2D eigenvalue weighted by Crippen LogP contribution is -2.48. The van der Waals surface area contributed by atoms with Crippen molar-refractivity contribution in [3.05, 3.63) is 60.1 Å². The zero-order valence-electron chi connectivity index (χ0n) is 20.8. The van der Waals surface area contributed by atoms with Crippen molar-refractivity contribution in [2.75, 3.05) is 7.11 Å². The minimum absolute atomic E-state index is 0.0933. The third kappa shape index (κ3) is 6.35. The van der Waals surface area contributed by atoms with Gasteiger partial charge in [0.25, 0.3) is 0 Å². The molecule has 1 aromatic carbocycles. The van der Waals surface area contributed by atoms with Crippen LogP contribution in [0, 0.1) is 18.7 Å². The number of nitrogens with zero attached hydrogens (tertiary/aromatic N) is 5. The molecule has 1 aliphatic heterocycles. The Kier molecular flexibility index (Phi) is 8.92. The number of carbonyl (C=O) groups excluding carboxylic acids is 1. The van der Waals surface area contributed by atoms with E-state index in [1.54, 1.807) is 6.92 Å². The number of benzene rings is 1. The third-order valence-corrected chi connectivity index (χ3v) is 7.88. The first kappa shape index (κ1) is 29.5. The molecule has 3 heterocycles. The largest absolute Gasteiger partial charge is 0.480 e. The Labute approximate surface area is 222 Å². The number of hydrogen-bond donors (Lipinski definition) is 1. The molecule has 1 aliphatic rings. The summed E-state index contributed by atoms with van der Waals surface area (Å²) in [6.45, 7) is 1.59. The molecule has 208 valence electrons. The van der Waals surface area contributed by atoms with Crippen LogP contribution in [0.15, 0.2) is 47.8 Å². The molecule has 10 nitrogen and oxygen atoms in total. The number of amides is 1. The summed E-state index contributed by atoms with van der Waals surface area (Å²) in [5, 5.41) is 6.80. The van der Waals surface area contributed by atoms with Crippen LogP contribution in [0.4, 0.5) is 17.6 Å². The van der Waals surface area contributed by atoms with Crippen molar-refractivity contribution in [1.29, 1.82) is 0 Å². The van der Waals surface area contributed by atoms with Gasteiger partial charge in [-0.3, -0.25) is 4.79 Å². The molecule has 2 atom stereocenters. The lowest BCUT2D eigenvalue weighted by molar-refractivity contribution is -0.145. The molecule has 0 unspecified atom stereocenters. The summed E-state index contributed by atoms with van der Waals surface area (Å²) in [5.74, 6) is -2.34. The van der Waals surface area contributed by atoms with E-state index in [4.69, 9.17) is 4.74 Å². The molecule has 0 saturated carbocycles. The van der Waals surface area contributed by atoms with Crippen LogP contribution in [0.1, 0.15) is 31.2 Å². The topological polar surface area (TPSA) is 119 Å². The fraction of sp³-hybridized carbons (Fsp3) is 0.333. The van der Waals surface area contributed by atoms with Crippen molar-refractivity contribution in [2.24, 2.45) is 0 Å². The average molecular weight is 569 g/mol. The van der Waals surface area contributed by atoms with Crippen LogP contribution < -0.4 is 10.1 Å². The number of hydrogen-bond acceptors (Lipinski definition) is 7. The number of rotatable bonds is 7. The molecule has 1 N–H and O–H groups in total. The van der Waals surface area contributed by atoms with Crippen LogP contribution in [0.3, 0.4) is 0 Å². The van der Waals surface area contributed by atoms with Crippen molar-refractivity contribution < 1.29 is 35.5 Å². The molecule has 3 aromatic rings. The van der Waals surface area contributed by atoms with Crippen molar-refractivity contribution in [3.63, 3.8) is 0 Å². The van der Waals surface area contributed by atoms with Gasteiger partial charge in [-0.2, -0.15) is 17.5 Å². The number of methoxy groups -OCH3 is 1. The Morgan fingerprint density at radius 2 is 1.77 bits per heavy atom. The SMILES string of the molecule is C#C.COc1nn(-c2cnc(C(F)(F)F)nc2)cc1CNC(=O)[C@@H]1CC[C@H](C)N1S(=O)(=O)c1ccc(F)cc1. The molecule has 1 fully saturated rings. The zero-order chi connectivity index (χ0) is 29.0. The first-order valence-electron chi connectivity index (χ1n) is 11.3. The van der Waals surface area contributed by atoms with Gasteiger partial charge in [-0.05, 0) is 44.0 Å². The van der Waals surface area contributed by atoms with Gasteiger partial charge in [0.05, 0.1) is 30.0 Å². The highest BCUT2D eigenvalue weighted by Crippen LogP contribution is 2.31. The van der Waals surface area contributed by atoms with Gasteiger partial charge in [0.15, 0.2) is 0 Å². The van der Waals surface area contributed by atoms with E-state index in [1.807, 2.05) is 0 Å². The first-order chi connectivity index (χ1) is 18.4. The van der Waals surface area contributed by atoms with E-state index in [2.05, 4.69) is 33.2 Å². The van der Waals surface area contributed by atoms with Gasteiger partial charge in [-0.25, -0.2) is 27.5 Å². The highest BCUT2D eigenvalue weighted by Gasteiger charge is 2.43. The lowest BCUT2D eigenvalue weighted by Gasteiger charge is -2.27. The summed E-state index contributed by atoms with van der Waals surface area (Å²) in [4.78, 5) is 19.5. The minimum atomic E-state index is -4.69. The van der Waals surface area contributed by atoms with Crippen molar-refractivity contribution >= 4 is 15.9 Å². The molecule has 0 aliphatic carbocycles. The van der Waals surface area contributed by atoms with E-state index in [9.17, 15) is 30.8 Å². The lowest BCUT2D eigenvalue weighted by atomic mass is 10.2. The zero-order valence-corrected chi connectivity index (χ0v) is 21.6. The summed E-state index contributed by atoms with van der Waals surface area (Å²) in [6.07, 6.45) is 7.37. The van der Waals surface area contributed by atoms with E-state index < -0.39 is 45.8 Å². The fourth-order valence-electron chi connectivity index (χ4n) is 4.05. The van der Waals surface area contributed by atoms with Gasteiger partial charge < -0.3 is 10.1 Å². The highest BCUT2D eigenvalue weighted by molar-refractivity contribution is 7.89. The van der Waals surface area contributed by atoms with Crippen LogP contribution >= 0.6 is 0 Å². The van der Waals surface area contributed by atoms with Gasteiger partial charge >= 0.3 is 6.18 Å². The molecule has 0 bridgehead atoms. The van der Waals surface area contributed by atoms with Gasteiger partial charge in [-0.15, -0.1) is 17.9 Å². The summed E-state index contributed by atoms with van der Waals surface area (Å²) in [7, 11) is -2.74. The number of halogens is 4. The number of nitrogens with one attached hydrogen (secondary N) is 1. The van der Waals surface area contributed by atoms with E-state index in [0.29, 0.717) is 12.0 Å². The molecule has 0 radical (unpaired) electrons. The molecule has 4 rings (SSSR count). The van der Waals surface area contributed by atoms with Gasteiger partial charge in [0.2, 0.25) is 27.6 Å². The molecule has 1 saturated heterocycles. The Morgan fingerprint density at radius 1 is 1.15 bits per heavy atom. The van der Waals surface area contributed by atoms with Crippen molar-refractivity contribution in [3.8, 4) is 24.4 Å². The first-order valence-corrected chi connectivity index (χ1v) is 12.8. The Hall–Kier alpha value is -4.03. The molecular weight excluding hydrogens is 544 g/mol. The minimum Gasteiger partial charge on any atom is -0.480 e. The van der Waals surface area contributed by atoms with Crippen LogP contribution in [0.5, 0.6) is 5.88 Å². The van der Waals surface area contributed by atoms with E-state index in [-0.39, 0.29) is 29.4 Å². The molecule has 15 heteroatoms. The average Bonchev–Trinajstić information content (AvgIpc) is 3.52. The van der Waals surface area contributed by atoms with Gasteiger partial charge in [0, 0.05) is 18.8 Å². The monoisotopic (exact) mass is 568 g/mol. The quantitative estimate of drug-likeness (QED) is 0.344. The van der Waals surface area contributed by atoms with Crippen LogP contribution in [0.25, 0.3) is 5.69 Å². The summed E-state index contributed by atoms with van der Waals surface area (Å²) in [6, 6.07) is 2.92. The molecular formula is C24H24F4N6O4S. The second-order valence-corrected chi connectivity index (χ2v) is 10.2. The molecule has 1 amide bonds. The van der Waals surface area contributed by atoms with E-state index in [1.165, 1.54) is 18.0 Å². The normalized spacial score (nSPS) is 17.7. The Balaban J connectivity index is 0.00000205. The number of sulfonamides is 1. The maximum atomic E-state index is 13.3. The fourth-order valence-corrected chi connectivity index (χ4v) is 5.88. The van der Waals surface area contributed by atoms with Gasteiger partial charge in [0.1, 0.15) is 17.5 Å². The number of carbonyl (C=O) groups is 1. The number of alkyl halides is 3. The van der Waals surface area contributed by atoms with Crippen LogP contribution in [0.2, 0.25) is 0 Å². The second kappa shape index (κ2) is 11.8. The third-order valence-electron chi connectivity index (χ3n) is 5.85. The van der Waals surface area contributed by atoms with Crippen molar-refractivity contribution in [2.45, 2.75) is 49.5 Å². The highest BCUT2D eigenvalue weighted by atomic mass is 32.2. The van der Waals surface area contributed by atoms with E-state index >= 15 is 0 Å². The predicted octanol–water partition coefficient (Wildman–Crippen LogP) is 2.94. The smallest absolute Gasteiger partial charge is 0.451 e. The number of aromatic nitrogens is 4. The molecule has 39 heavy (non-hydrogen) atoms.